The number of benzene rings is 3. The Morgan fingerprint density at radius 1 is 1.00 bits per heavy atom. The highest BCUT2D eigenvalue weighted by Crippen LogP contribution is 2.35. The number of carbonyl (C=O) groups excluding carboxylic acids is 1. The lowest BCUT2D eigenvalue weighted by atomic mass is 10.0. The van der Waals surface area contributed by atoms with Crippen molar-refractivity contribution in [2.75, 3.05) is 7.11 Å². The van der Waals surface area contributed by atoms with Gasteiger partial charge < -0.3 is 13.9 Å². The Balaban J connectivity index is 1.78. The maximum absolute atomic E-state index is 13.4. The lowest BCUT2D eigenvalue weighted by molar-refractivity contribution is -0.129. The first-order chi connectivity index (χ1) is 15.9. The second-order valence-electron chi connectivity index (χ2n) is 7.53. The maximum Gasteiger partial charge on any atom is 0.336 e. The SMILES string of the molecule is COc1ccc(/C=C/C(=O)Oc2c(-c3ccccc3Cl)oc3cc(C)c(C)cc3c2=O)cc1. The Morgan fingerprint density at radius 3 is 2.39 bits per heavy atom. The van der Waals surface area contributed by atoms with Crippen molar-refractivity contribution in [3.05, 3.63) is 98.7 Å². The topological polar surface area (TPSA) is 65.7 Å². The van der Waals surface area contributed by atoms with E-state index in [9.17, 15) is 9.59 Å². The summed E-state index contributed by atoms with van der Waals surface area (Å²) in [6.45, 7) is 3.83. The van der Waals surface area contributed by atoms with Crippen LogP contribution in [0.5, 0.6) is 11.5 Å². The van der Waals surface area contributed by atoms with E-state index in [0.717, 1.165) is 16.7 Å². The van der Waals surface area contributed by atoms with Gasteiger partial charge in [-0.1, -0.05) is 35.9 Å². The van der Waals surface area contributed by atoms with Gasteiger partial charge in [0.25, 0.3) is 0 Å². The molecule has 0 fully saturated rings. The number of hydrogen-bond donors (Lipinski definition) is 0. The molecule has 0 atom stereocenters. The van der Waals surface area contributed by atoms with E-state index in [-0.39, 0.29) is 11.5 Å². The van der Waals surface area contributed by atoms with Gasteiger partial charge in [0, 0.05) is 11.6 Å². The van der Waals surface area contributed by atoms with Gasteiger partial charge in [0.2, 0.25) is 11.2 Å². The molecule has 5 nitrogen and oxygen atoms in total. The third-order valence-electron chi connectivity index (χ3n) is 5.31. The van der Waals surface area contributed by atoms with Crippen LogP contribution in [-0.4, -0.2) is 13.1 Å². The van der Waals surface area contributed by atoms with Crippen LogP contribution in [0.3, 0.4) is 0 Å². The molecule has 3 aromatic carbocycles. The van der Waals surface area contributed by atoms with Crippen LogP contribution in [0.4, 0.5) is 0 Å². The Kier molecular flexibility index (Phi) is 6.33. The highest BCUT2D eigenvalue weighted by Gasteiger charge is 2.22. The van der Waals surface area contributed by atoms with Gasteiger partial charge in [-0.3, -0.25) is 4.79 Å². The number of esters is 1. The van der Waals surface area contributed by atoms with Crippen molar-refractivity contribution in [2.24, 2.45) is 0 Å². The zero-order valence-corrected chi connectivity index (χ0v) is 19.1. The molecule has 0 radical (unpaired) electrons. The summed E-state index contributed by atoms with van der Waals surface area (Å²) in [6.07, 6.45) is 2.84. The van der Waals surface area contributed by atoms with E-state index in [2.05, 4.69) is 0 Å². The summed E-state index contributed by atoms with van der Waals surface area (Å²) in [5, 5.41) is 0.700. The van der Waals surface area contributed by atoms with E-state index in [0.29, 0.717) is 27.3 Å². The van der Waals surface area contributed by atoms with Crippen molar-refractivity contribution in [1.29, 1.82) is 0 Å². The smallest absolute Gasteiger partial charge is 0.336 e. The number of methoxy groups -OCH3 is 1. The first-order valence-corrected chi connectivity index (χ1v) is 10.6. The van der Waals surface area contributed by atoms with Crippen molar-refractivity contribution in [2.45, 2.75) is 13.8 Å². The molecule has 0 saturated heterocycles. The van der Waals surface area contributed by atoms with Crippen LogP contribution in [0.1, 0.15) is 16.7 Å². The molecule has 6 heteroatoms. The zero-order valence-electron chi connectivity index (χ0n) is 18.3. The third-order valence-corrected chi connectivity index (χ3v) is 5.64. The first kappa shape index (κ1) is 22.4. The van der Waals surface area contributed by atoms with Crippen LogP contribution in [0.2, 0.25) is 5.02 Å². The molecular formula is C27H21ClO5. The van der Waals surface area contributed by atoms with Crippen LogP contribution in [0, 0.1) is 13.8 Å². The fourth-order valence-corrected chi connectivity index (χ4v) is 3.58. The minimum Gasteiger partial charge on any atom is -0.497 e. The molecule has 0 unspecified atom stereocenters. The largest absolute Gasteiger partial charge is 0.497 e. The maximum atomic E-state index is 13.4. The van der Waals surface area contributed by atoms with Gasteiger partial charge in [0.15, 0.2) is 5.76 Å². The summed E-state index contributed by atoms with van der Waals surface area (Å²) in [5.74, 6) is -0.108. The summed E-state index contributed by atoms with van der Waals surface area (Å²) >= 11 is 6.37. The van der Waals surface area contributed by atoms with Gasteiger partial charge in [-0.15, -0.1) is 0 Å². The Bertz CT molecular complexity index is 1430. The van der Waals surface area contributed by atoms with Crippen LogP contribution in [0.15, 0.2) is 76.0 Å². The van der Waals surface area contributed by atoms with E-state index in [1.54, 1.807) is 73.8 Å². The predicted molar refractivity (Wildman–Crippen MR) is 130 cm³/mol. The molecule has 0 saturated carbocycles. The molecule has 166 valence electrons. The molecule has 0 bridgehead atoms. The highest BCUT2D eigenvalue weighted by molar-refractivity contribution is 6.33. The van der Waals surface area contributed by atoms with E-state index in [1.165, 1.54) is 6.08 Å². The van der Waals surface area contributed by atoms with Gasteiger partial charge >= 0.3 is 5.97 Å². The molecule has 1 heterocycles. The summed E-state index contributed by atoms with van der Waals surface area (Å²) in [5.41, 5.74) is 3.08. The standard InChI is InChI=1S/C27H21ClO5/c1-16-14-21-23(15-17(16)2)32-26(20-6-4-5-7-22(20)28)27(25(21)30)33-24(29)13-10-18-8-11-19(31-3)12-9-18/h4-15H,1-3H3/b13-10+. The van der Waals surface area contributed by atoms with Crippen molar-refractivity contribution < 1.29 is 18.7 Å². The van der Waals surface area contributed by atoms with Gasteiger partial charge in [0.1, 0.15) is 11.3 Å². The normalized spacial score (nSPS) is 11.2. The van der Waals surface area contributed by atoms with Gasteiger partial charge in [-0.2, -0.15) is 0 Å². The van der Waals surface area contributed by atoms with Crippen LogP contribution in [0.25, 0.3) is 28.4 Å². The van der Waals surface area contributed by atoms with E-state index >= 15 is 0 Å². The molecule has 0 N–H and O–H groups in total. The average molecular weight is 461 g/mol. The number of fused-ring (bicyclic) bond motifs is 1. The van der Waals surface area contributed by atoms with Crippen molar-refractivity contribution >= 4 is 34.6 Å². The number of rotatable bonds is 5. The summed E-state index contributed by atoms with van der Waals surface area (Å²) in [4.78, 5) is 26.0. The van der Waals surface area contributed by atoms with Crippen molar-refractivity contribution in [3.63, 3.8) is 0 Å². The molecule has 4 aromatic rings. The molecular weight excluding hydrogens is 440 g/mol. The molecule has 4 rings (SSSR count). The van der Waals surface area contributed by atoms with E-state index in [4.69, 9.17) is 25.5 Å². The Morgan fingerprint density at radius 2 is 1.70 bits per heavy atom. The monoisotopic (exact) mass is 460 g/mol. The fourth-order valence-electron chi connectivity index (χ4n) is 3.36. The van der Waals surface area contributed by atoms with E-state index < -0.39 is 11.4 Å². The second kappa shape index (κ2) is 9.35. The Hall–Kier alpha value is -3.83. The van der Waals surface area contributed by atoms with Gasteiger partial charge in [-0.05, 0) is 73.0 Å². The Labute approximate surface area is 195 Å². The van der Waals surface area contributed by atoms with Crippen LogP contribution < -0.4 is 14.9 Å². The molecule has 0 amide bonds. The average Bonchev–Trinajstić information content (AvgIpc) is 2.81. The van der Waals surface area contributed by atoms with Gasteiger partial charge in [-0.25, -0.2) is 4.79 Å². The molecule has 0 aliphatic heterocycles. The lowest BCUT2D eigenvalue weighted by Crippen LogP contribution is -2.14. The molecule has 33 heavy (non-hydrogen) atoms. The fraction of sp³-hybridized carbons (Fsp3) is 0.111. The molecule has 0 spiro atoms. The second-order valence-corrected chi connectivity index (χ2v) is 7.94. The minimum atomic E-state index is -0.713. The highest BCUT2D eigenvalue weighted by atomic mass is 35.5. The first-order valence-electron chi connectivity index (χ1n) is 10.2. The van der Waals surface area contributed by atoms with Crippen LogP contribution >= 0.6 is 11.6 Å². The number of aryl methyl sites for hydroxylation is 2. The minimum absolute atomic E-state index is 0.104. The lowest BCUT2D eigenvalue weighted by Gasteiger charge is -2.12. The number of halogens is 1. The summed E-state index contributed by atoms with van der Waals surface area (Å²) in [6, 6.07) is 17.6. The van der Waals surface area contributed by atoms with Gasteiger partial charge in [0.05, 0.1) is 17.5 Å². The van der Waals surface area contributed by atoms with Crippen molar-refractivity contribution in [3.8, 4) is 22.8 Å². The predicted octanol–water partition coefficient (Wildman–Crippen LogP) is 6.36. The summed E-state index contributed by atoms with van der Waals surface area (Å²) < 4.78 is 16.7. The zero-order chi connectivity index (χ0) is 23.5. The summed E-state index contributed by atoms with van der Waals surface area (Å²) in [7, 11) is 1.58. The third kappa shape index (κ3) is 4.69. The molecule has 0 aliphatic rings. The van der Waals surface area contributed by atoms with E-state index in [1.807, 2.05) is 13.8 Å². The number of ether oxygens (including phenoxy) is 2. The number of carbonyl (C=O) groups is 1. The molecule has 1 aromatic heterocycles. The van der Waals surface area contributed by atoms with Crippen molar-refractivity contribution in [1.82, 2.24) is 0 Å². The van der Waals surface area contributed by atoms with Crippen LogP contribution in [-0.2, 0) is 4.79 Å². The number of hydrogen-bond acceptors (Lipinski definition) is 5. The quantitative estimate of drug-likeness (QED) is 0.256. The molecule has 0 aliphatic carbocycles.